The van der Waals surface area contributed by atoms with Crippen molar-refractivity contribution in [3.05, 3.63) is 11.6 Å². The Morgan fingerprint density at radius 3 is 2.62 bits per heavy atom. The van der Waals surface area contributed by atoms with E-state index in [9.17, 15) is 9.59 Å². The van der Waals surface area contributed by atoms with Gasteiger partial charge in [0.05, 0.1) is 7.11 Å². The van der Waals surface area contributed by atoms with Gasteiger partial charge in [-0.25, -0.2) is 0 Å². The molecule has 136 valence electrons. The Kier molecular flexibility index (Phi) is 5.61. The van der Waals surface area contributed by atoms with Gasteiger partial charge in [0, 0.05) is 12.3 Å². The number of fused-ring (bicyclic) bond motifs is 1. The molecular weight excluding hydrogens is 300 g/mol. The molecule has 24 heavy (non-hydrogen) atoms. The first kappa shape index (κ1) is 19.2. The number of ketones is 1. The zero-order chi connectivity index (χ0) is 18.1. The molecule has 2 aliphatic rings. The fraction of sp³-hybridized carbons (Fsp3) is 0.810. The number of esters is 1. The van der Waals surface area contributed by atoms with Crippen molar-refractivity contribution < 1.29 is 14.3 Å². The molecule has 1 saturated carbocycles. The molecule has 4 unspecified atom stereocenters. The van der Waals surface area contributed by atoms with Crippen molar-refractivity contribution in [2.24, 2.45) is 28.6 Å². The van der Waals surface area contributed by atoms with Crippen LogP contribution in [0.25, 0.3) is 0 Å². The summed E-state index contributed by atoms with van der Waals surface area (Å²) in [4.78, 5) is 24.3. The number of ether oxygens (including phenoxy) is 1. The van der Waals surface area contributed by atoms with E-state index in [4.69, 9.17) is 4.74 Å². The molecule has 3 nitrogen and oxygen atoms in total. The van der Waals surface area contributed by atoms with E-state index in [0.29, 0.717) is 24.0 Å². The Balaban J connectivity index is 2.17. The first-order valence-corrected chi connectivity index (χ1v) is 9.40. The van der Waals surface area contributed by atoms with E-state index in [1.807, 2.05) is 6.08 Å². The average Bonchev–Trinajstić information content (AvgIpc) is 2.44. The second-order valence-electron chi connectivity index (χ2n) is 9.09. The average molecular weight is 335 g/mol. The molecule has 0 amide bonds. The quantitative estimate of drug-likeness (QED) is 0.669. The summed E-state index contributed by atoms with van der Waals surface area (Å²) in [6, 6.07) is 0. The number of hydrogen-bond acceptors (Lipinski definition) is 3. The molecule has 0 aromatic heterocycles. The summed E-state index contributed by atoms with van der Waals surface area (Å²) in [5, 5.41) is 0. The predicted molar refractivity (Wildman–Crippen MR) is 96.5 cm³/mol. The van der Waals surface area contributed by atoms with E-state index in [1.165, 1.54) is 19.1 Å². The largest absolute Gasteiger partial charge is 0.469 e. The number of methoxy groups -OCH3 is 1. The van der Waals surface area contributed by atoms with Gasteiger partial charge in [-0.3, -0.25) is 9.59 Å². The zero-order valence-electron chi connectivity index (χ0n) is 16.3. The van der Waals surface area contributed by atoms with Gasteiger partial charge < -0.3 is 4.74 Å². The molecule has 2 rings (SSSR count). The van der Waals surface area contributed by atoms with E-state index in [0.717, 1.165) is 25.7 Å². The lowest BCUT2D eigenvalue weighted by Gasteiger charge is -2.55. The molecule has 0 spiro atoms. The highest BCUT2D eigenvalue weighted by Crippen LogP contribution is 2.59. The van der Waals surface area contributed by atoms with Crippen LogP contribution in [0.1, 0.15) is 73.1 Å². The van der Waals surface area contributed by atoms with Crippen LogP contribution in [0, 0.1) is 28.6 Å². The lowest BCUT2D eigenvalue weighted by atomic mass is 9.48. The molecule has 2 aliphatic carbocycles. The normalized spacial score (nSPS) is 33.4. The van der Waals surface area contributed by atoms with E-state index in [-0.39, 0.29) is 22.7 Å². The third kappa shape index (κ3) is 3.60. The molecule has 1 fully saturated rings. The summed E-state index contributed by atoms with van der Waals surface area (Å²) >= 11 is 0. The van der Waals surface area contributed by atoms with Crippen molar-refractivity contribution in [2.75, 3.05) is 7.11 Å². The van der Waals surface area contributed by atoms with Crippen LogP contribution >= 0.6 is 0 Å². The van der Waals surface area contributed by atoms with Gasteiger partial charge in [-0.05, 0) is 61.3 Å². The maximum atomic E-state index is 12.8. The minimum Gasteiger partial charge on any atom is -0.469 e. The highest BCUT2D eigenvalue weighted by Gasteiger charge is 2.55. The molecule has 0 aromatic rings. The van der Waals surface area contributed by atoms with Gasteiger partial charge in [-0.1, -0.05) is 39.7 Å². The third-order valence-corrected chi connectivity index (χ3v) is 6.67. The molecular formula is C21H34O3. The number of carbonyl (C=O) groups is 2. The maximum Gasteiger partial charge on any atom is 0.305 e. The zero-order valence-corrected chi connectivity index (χ0v) is 16.3. The van der Waals surface area contributed by atoms with Gasteiger partial charge >= 0.3 is 5.97 Å². The molecule has 0 saturated heterocycles. The Bertz CT molecular complexity index is 531. The van der Waals surface area contributed by atoms with Crippen molar-refractivity contribution in [1.82, 2.24) is 0 Å². The summed E-state index contributed by atoms with van der Waals surface area (Å²) < 4.78 is 4.79. The van der Waals surface area contributed by atoms with Gasteiger partial charge in [-0.15, -0.1) is 0 Å². The van der Waals surface area contributed by atoms with Gasteiger partial charge in [0.15, 0.2) is 5.78 Å². The fourth-order valence-corrected chi connectivity index (χ4v) is 5.60. The summed E-state index contributed by atoms with van der Waals surface area (Å²) in [6.07, 6.45) is 7.92. The molecule has 0 N–H and O–H groups in total. The van der Waals surface area contributed by atoms with Gasteiger partial charge in [0.25, 0.3) is 0 Å². The van der Waals surface area contributed by atoms with Crippen LogP contribution in [0.4, 0.5) is 0 Å². The van der Waals surface area contributed by atoms with E-state index < -0.39 is 0 Å². The van der Waals surface area contributed by atoms with Crippen molar-refractivity contribution >= 4 is 11.8 Å². The second-order valence-corrected chi connectivity index (χ2v) is 9.09. The first-order chi connectivity index (χ1) is 11.1. The van der Waals surface area contributed by atoms with Crippen molar-refractivity contribution in [3.8, 4) is 0 Å². The molecule has 0 aromatic carbocycles. The lowest BCUT2D eigenvalue weighted by Crippen LogP contribution is -2.52. The number of rotatable bonds is 5. The van der Waals surface area contributed by atoms with Crippen LogP contribution in [0.2, 0.25) is 0 Å². The van der Waals surface area contributed by atoms with Gasteiger partial charge in [0.1, 0.15) is 0 Å². The molecule has 0 radical (unpaired) electrons. The predicted octanol–water partition coefficient (Wildman–Crippen LogP) is 4.94. The van der Waals surface area contributed by atoms with Crippen LogP contribution in [-0.4, -0.2) is 18.9 Å². The topological polar surface area (TPSA) is 43.4 Å². The fourth-order valence-electron chi connectivity index (χ4n) is 5.60. The van der Waals surface area contributed by atoms with Crippen LogP contribution < -0.4 is 0 Å². The molecule has 0 bridgehead atoms. The monoisotopic (exact) mass is 334 g/mol. The summed E-state index contributed by atoms with van der Waals surface area (Å²) in [6.45, 7) is 11.1. The molecule has 0 aliphatic heterocycles. The van der Waals surface area contributed by atoms with E-state index in [2.05, 4.69) is 34.6 Å². The summed E-state index contributed by atoms with van der Waals surface area (Å²) in [5.74, 6) is 1.10. The van der Waals surface area contributed by atoms with Crippen molar-refractivity contribution in [3.63, 3.8) is 0 Å². The molecule has 3 heteroatoms. The van der Waals surface area contributed by atoms with Gasteiger partial charge in [0.2, 0.25) is 0 Å². The summed E-state index contributed by atoms with van der Waals surface area (Å²) in [5.41, 5.74) is 1.38. The van der Waals surface area contributed by atoms with Crippen molar-refractivity contribution in [2.45, 2.75) is 73.1 Å². The van der Waals surface area contributed by atoms with E-state index >= 15 is 0 Å². The Labute approximate surface area is 147 Å². The Morgan fingerprint density at radius 2 is 2.00 bits per heavy atom. The highest BCUT2D eigenvalue weighted by atomic mass is 16.5. The van der Waals surface area contributed by atoms with Crippen LogP contribution in [-0.2, 0) is 14.3 Å². The van der Waals surface area contributed by atoms with Crippen molar-refractivity contribution in [1.29, 1.82) is 0 Å². The molecule has 0 heterocycles. The Morgan fingerprint density at radius 1 is 1.33 bits per heavy atom. The first-order valence-electron chi connectivity index (χ1n) is 9.40. The van der Waals surface area contributed by atoms with Crippen LogP contribution in [0.5, 0.6) is 0 Å². The van der Waals surface area contributed by atoms with Crippen LogP contribution in [0.15, 0.2) is 11.6 Å². The SMILES string of the molecule is COC(=O)CC(C)CCC1C(C)=CC(=O)C2C(C)(C)CCCC12C. The summed E-state index contributed by atoms with van der Waals surface area (Å²) in [7, 11) is 1.45. The van der Waals surface area contributed by atoms with E-state index in [1.54, 1.807) is 0 Å². The Hall–Kier alpha value is -1.12. The number of carbonyl (C=O) groups excluding carboxylic acids is 2. The minimum absolute atomic E-state index is 0.0582. The van der Waals surface area contributed by atoms with Gasteiger partial charge in [-0.2, -0.15) is 0 Å². The standard InChI is InChI=1S/C21H34O3/c1-14(12-18(23)24-6)8-9-16-15(2)13-17(22)19-20(3,4)10-7-11-21(16,19)5/h13-14,16,19H,7-12H2,1-6H3. The molecule has 4 atom stereocenters. The third-order valence-electron chi connectivity index (χ3n) is 6.67. The lowest BCUT2D eigenvalue weighted by molar-refractivity contribution is -0.141. The minimum atomic E-state index is -0.128. The number of hydrogen-bond donors (Lipinski definition) is 0. The number of allylic oxidation sites excluding steroid dienone is 2. The second kappa shape index (κ2) is 7.01. The maximum absolute atomic E-state index is 12.8. The smallest absolute Gasteiger partial charge is 0.305 e. The highest BCUT2D eigenvalue weighted by molar-refractivity contribution is 5.94. The van der Waals surface area contributed by atoms with Crippen LogP contribution in [0.3, 0.4) is 0 Å².